The van der Waals surface area contributed by atoms with E-state index in [0.29, 0.717) is 28.0 Å². The largest absolute Gasteiger partial charge is 0.475 e. The van der Waals surface area contributed by atoms with Crippen molar-refractivity contribution in [3.05, 3.63) is 86.9 Å². The molecule has 0 aliphatic carbocycles. The Bertz CT molecular complexity index is 1580. The molecular weight excluding hydrogens is 509 g/mol. The Balaban J connectivity index is 1.25. The lowest BCUT2D eigenvalue weighted by Crippen LogP contribution is -2.31. The van der Waals surface area contributed by atoms with Crippen LogP contribution in [0.1, 0.15) is 10.4 Å². The van der Waals surface area contributed by atoms with Gasteiger partial charge in [-0.1, -0.05) is 15.9 Å². The van der Waals surface area contributed by atoms with Crippen molar-refractivity contribution in [2.24, 2.45) is 0 Å². The van der Waals surface area contributed by atoms with Crippen LogP contribution in [0.2, 0.25) is 0 Å². The third-order valence-corrected chi connectivity index (χ3v) is 5.41. The smallest absolute Gasteiger partial charge is 0.349 e. The normalized spacial score (nSPS) is 11.1. The predicted molar refractivity (Wildman–Crippen MR) is 124 cm³/mol. The SMILES string of the molecule is O=C(NCCOc1ccc2nnc(-c3ccc(F)cc3)n2n1)c1cc2cc(Br)ccc2oc1=O. The van der Waals surface area contributed by atoms with Crippen molar-refractivity contribution in [1.82, 2.24) is 25.1 Å². The number of amides is 1. The van der Waals surface area contributed by atoms with Crippen molar-refractivity contribution in [2.75, 3.05) is 13.2 Å². The summed E-state index contributed by atoms with van der Waals surface area (Å²) in [5.41, 5.74) is 0.713. The van der Waals surface area contributed by atoms with Crippen molar-refractivity contribution in [3.63, 3.8) is 0 Å². The Morgan fingerprint density at radius 3 is 2.74 bits per heavy atom. The molecule has 0 atom stereocenters. The van der Waals surface area contributed by atoms with Gasteiger partial charge in [0.15, 0.2) is 11.5 Å². The zero-order valence-corrected chi connectivity index (χ0v) is 19.0. The average Bonchev–Trinajstić information content (AvgIpc) is 3.25. The second-order valence-corrected chi connectivity index (χ2v) is 8.12. The maximum Gasteiger partial charge on any atom is 0.349 e. The first-order valence-electron chi connectivity index (χ1n) is 10.1. The summed E-state index contributed by atoms with van der Waals surface area (Å²) in [6.45, 7) is 0.226. The van der Waals surface area contributed by atoms with Crippen LogP contribution < -0.4 is 15.7 Å². The third-order valence-electron chi connectivity index (χ3n) is 4.92. The van der Waals surface area contributed by atoms with Crippen molar-refractivity contribution >= 4 is 38.5 Å². The Morgan fingerprint density at radius 2 is 1.91 bits per heavy atom. The summed E-state index contributed by atoms with van der Waals surface area (Å²) in [6, 6.07) is 15.8. The summed E-state index contributed by atoms with van der Waals surface area (Å²) in [6.07, 6.45) is 0. The molecule has 0 unspecified atom stereocenters. The molecule has 0 bridgehead atoms. The summed E-state index contributed by atoms with van der Waals surface area (Å²) < 4.78 is 26.3. The lowest BCUT2D eigenvalue weighted by atomic mass is 10.2. The minimum atomic E-state index is -0.721. The zero-order valence-electron chi connectivity index (χ0n) is 17.4. The molecule has 0 spiro atoms. The lowest BCUT2D eigenvalue weighted by Gasteiger charge is -2.08. The number of hydrogen-bond acceptors (Lipinski definition) is 7. The van der Waals surface area contributed by atoms with Crippen molar-refractivity contribution < 1.29 is 18.3 Å². The van der Waals surface area contributed by atoms with Gasteiger partial charge in [-0.2, -0.15) is 4.52 Å². The van der Waals surface area contributed by atoms with E-state index in [1.54, 1.807) is 42.5 Å². The second kappa shape index (κ2) is 9.02. The van der Waals surface area contributed by atoms with E-state index in [9.17, 15) is 14.0 Å². The molecule has 0 radical (unpaired) electrons. The second-order valence-electron chi connectivity index (χ2n) is 7.21. The van der Waals surface area contributed by atoms with E-state index in [-0.39, 0.29) is 30.4 Å². The third kappa shape index (κ3) is 4.37. The van der Waals surface area contributed by atoms with Crippen LogP contribution in [0.15, 0.2) is 74.3 Å². The fourth-order valence-electron chi connectivity index (χ4n) is 3.30. The van der Waals surface area contributed by atoms with Gasteiger partial charge in [0.1, 0.15) is 23.6 Å². The van der Waals surface area contributed by atoms with Crippen LogP contribution in [-0.2, 0) is 0 Å². The van der Waals surface area contributed by atoms with Crippen LogP contribution >= 0.6 is 15.9 Å². The van der Waals surface area contributed by atoms with E-state index >= 15 is 0 Å². The Hall–Kier alpha value is -4.12. The van der Waals surface area contributed by atoms with Gasteiger partial charge in [0.2, 0.25) is 5.88 Å². The average molecular weight is 524 g/mol. The molecule has 11 heteroatoms. The quantitative estimate of drug-likeness (QED) is 0.267. The number of nitrogens with zero attached hydrogens (tertiary/aromatic N) is 4. The highest BCUT2D eigenvalue weighted by Gasteiger charge is 2.14. The highest BCUT2D eigenvalue weighted by atomic mass is 79.9. The molecule has 0 fully saturated rings. The molecule has 5 rings (SSSR count). The summed E-state index contributed by atoms with van der Waals surface area (Å²) in [5, 5.41) is 15.8. The molecule has 0 aliphatic rings. The molecule has 1 N–H and O–H groups in total. The standard InChI is InChI=1S/C23H15BrFN5O4/c24-15-3-6-18-14(11-15)12-17(23(32)34-18)22(31)26-9-10-33-20-8-7-19-27-28-21(30(19)29-20)13-1-4-16(25)5-2-13/h1-8,11-12H,9-10H2,(H,26,31). The number of rotatable bonds is 6. The van der Waals surface area contributed by atoms with Crippen LogP contribution in [0, 0.1) is 5.82 Å². The number of carbonyl (C=O) groups is 1. The number of fused-ring (bicyclic) bond motifs is 2. The lowest BCUT2D eigenvalue weighted by molar-refractivity contribution is 0.0943. The van der Waals surface area contributed by atoms with Gasteiger partial charge in [-0.15, -0.1) is 15.3 Å². The van der Waals surface area contributed by atoms with Crippen molar-refractivity contribution in [1.29, 1.82) is 0 Å². The number of carbonyl (C=O) groups excluding carboxylic acids is 1. The Morgan fingerprint density at radius 1 is 1.09 bits per heavy atom. The highest BCUT2D eigenvalue weighted by Crippen LogP contribution is 2.20. The molecule has 9 nitrogen and oxygen atoms in total. The van der Waals surface area contributed by atoms with Crippen LogP contribution in [0.25, 0.3) is 28.0 Å². The molecular formula is C23H15BrFN5O4. The van der Waals surface area contributed by atoms with E-state index in [4.69, 9.17) is 9.15 Å². The highest BCUT2D eigenvalue weighted by molar-refractivity contribution is 9.10. The topological polar surface area (TPSA) is 112 Å². The first kappa shape index (κ1) is 21.7. The van der Waals surface area contributed by atoms with E-state index in [1.165, 1.54) is 22.7 Å². The zero-order chi connectivity index (χ0) is 23.7. The van der Waals surface area contributed by atoms with Crippen molar-refractivity contribution in [3.8, 4) is 17.3 Å². The molecule has 1 amide bonds. The summed E-state index contributed by atoms with van der Waals surface area (Å²) >= 11 is 3.35. The monoisotopic (exact) mass is 523 g/mol. The van der Waals surface area contributed by atoms with Gasteiger partial charge >= 0.3 is 5.63 Å². The molecule has 3 heterocycles. The molecule has 5 aromatic rings. The first-order chi connectivity index (χ1) is 16.5. The predicted octanol–water partition coefficient (Wildman–Crippen LogP) is 3.61. The summed E-state index contributed by atoms with van der Waals surface area (Å²) in [5.74, 6) is -0.214. The molecule has 0 aliphatic heterocycles. The molecule has 0 saturated carbocycles. The van der Waals surface area contributed by atoms with Gasteiger partial charge in [-0.3, -0.25) is 4.79 Å². The number of hydrogen-bond donors (Lipinski definition) is 1. The van der Waals surface area contributed by atoms with Gasteiger partial charge in [-0.05, 0) is 54.6 Å². The van der Waals surface area contributed by atoms with Crippen LogP contribution in [-0.4, -0.2) is 38.9 Å². The van der Waals surface area contributed by atoms with Gasteiger partial charge in [0.25, 0.3) is 5.91 Å². The molecule has 3 aromatic heterocycles. The van der Waals surface area contributed by atoms with E-state index < -0.39 is 11.5 Å². The maximum atomic E-state index is 13.2. The van der Waals surface area contributed by atoms with E-state index in [2.05, 4.69) is 36.5 Å². The molecule has 2 aromatic carbocycles. The van der Waals surface area contributed by atoms with Gasteiger partial charge in [0, 0.05) is 21.5 Å². The maximum absolute atomic E-state index is 13.2. The van der Waals surface area contributed by atoms with E-state index in [0.717, 1.165) is 4.47 Å². The van der Waals surface area contributed by atoms with E-state index in [1.807, 2.05) is 0 Å². The number of halogens is 2. The van der Waals surface area contributed by atoms with Crippen LogP contribution in [0.3, 0.4) is 0 Å². The Kier molecular flexibility index (Phi) is 5.76. The minimum absolute atomic E-state index is 0.0985. The summed E-state index contributed by atoms with van der Waals surface area (Å²) in [4.78, 5) is 24.6. The molecule has 0 saturated heterocycles. The summed E-state index contributed by atoms with van der Waals surface area (Å²) in [7, 11) is 0. The number of aromatic nitrogens is 4. The van der Waals surface area contributed by atoms with Crippen molar-refractivity contribution in [2.45, 2.75) is 0 Å². The minimum Gasteiger partial charge on any atom is -0.475 e. The van der Waals surface area contributed by atoms with Gasteiger partial charge in [-0.25, -0.2) is 9.18 Å². The molecule has 34 heavy (non-hydrogen) atoms. The van der Waals surface area contributed by atoms with Crippen LogP contribution in [0.5, 0.6) is 5.88 Å². The van der Waals surface area contributed by atoms with Gasteiger partial charge in [0.05, 0.1) is 6.54 Å². The number of ether oxygens (including phenoxy) is 1. The molecule has 170 valence electrons. The number of nitrogens with one attached hydrogen (secondary N) is 1. The first-order valence-corrected chi connectivity index (χ1v) is 10.9. The van der Waals surface area contributed by atoms with Gasteiger partial charge < -0.3 is 14.5 Å². The fourth-order valence-corrected chi connectivity index (χ4v) is 3.67. The number of benzene rings is 2. The van der Waals surface area contributed by atoms with Crippen LogP contribution in [0.4, 0.5) is 4.39 Å². The Labute approximate surface area is 199 Å². The fraction of sp³-hybridized carbons (Fsp3) is 0.0870.